The summed E-state index contributed by atoms with van der Waals surface area (Å²) in [6, 6.07) is 4.26. The Balaban J connectivity index is 1.61. The van der Waals surface area contributed by atoms with Gasteiger partial charge in [-0.1, -0.05) is 32.4 Å². The molecule has 4 N–H and O–H groups in total. The molecule has 2 heterocycles. The van der Waals surface area contributed by atoms with Gasteiger partial charge in [-0.15, -0.1) is 0 Å². The van der Waals surface area contributed by atoms with E-state index in [-0.39, 0.29) is 40.3 Å². The summed E-state index contributed by atoms with van der Waals surface area (Å²) < 4.78 is 31.8. The maximum absolute atomic E-state index is 12.8. The number of piperidine rings is 1. The van der Waals surface area contributed by atoms with Crippen LogP contribution in [0.25, 0.3) is 0 Å². The smallest absolute Gasteiger partial charge is 0.229 e. The first-order valence-electron chi connectivity index (χ1n) is 14.3. The van der Waals surface area contributed by atoms with E-state index in [9.17, 15) is 8.42 Å². The van der Waals surface area contributed by atoms with Crippen LogP contribution >= 0.6 is 11.6 Å². The minimum absolute atomic E-state index is 0.0336. The molecule has 0 spiro atoms. The summed E-state index contributed by atoms with van der Waals surface area (Å²) in [5.74, 6) is 1.40. The third-order valence-corrected chi connectivity index (χ3v) is 9.44. The molecule has 2 fully saturated rings. The number of aryl methyl sites for hydroxylation is 1. The highest BCUT2D eigenvalue weighted by molar-refractivity contribution is 8.06. The number of rotatable bonds is 12. The van der Waals surface area contributed by atoms with Crippen molar-refractivity contribution in [2.24, 2.45) is 5.92 Å². The lowest BCUT2D eigenvalue weighted by molar-refractivity contribution is 0.217. The molecule has 1 aromatic heterocycles. The van der Waals surface area contributed by atoms with Gasteiger partial charge in [0.25, 0.3) is 0 Å². The number of anilines is 3. The van der Waals surface area contributed by atoms with E-state index in [1.54, 1.807) is 20.9 Å². The van der Waals surface area contributed by atoms with Crippen molar-refractivity contribution in [2.75, 3.05) is 43.1 Å². The van der Waals surface area contributed by atoms with E-state index in [1.165, 1.54) is 29.9 Å². The monoisotopic (exact) mass is 603 g/mol. The first kappa shape index (κ1) is 31.1. The lowest BCUT2D eigenvalue weighted by Crippen LogP contribution is -2.34. The molecule has 1 aromatic carbocycles. The summed E-state index contributed by atoms with van der Waals surface area (Å²) in [6.45, 7) is 11.2. The Morgan fingerprint density at radius 1 is 1.29 bits per heavy atom. The summed E-state index contributed by atoms with van der Waals surface area (Å²) in [6.07, 6.45) is 7.46. The molecular formula is C29H42ClN7O3S. The standard InChI is InChI=1S/C29H42ClN7O3S/c1-6-37-11-7-8-20(16-37)22-13-26(40-21-9-10-21)24(12-19(22)4)35-29-33-14-23(30)28(36-29)34-25(15-32-5)27(31)41(38,39)17-18(2)3/h12-15,18,20-21,31-32H,6-11,16-17H2,1-5H3,(H2,33,34,35,36)/b25-15+,31-27?. The summed E-state index contributed by atoms with van der Waals surface area (Å²) in [7, 11) is -2.19. The van der Waals surface area contributed by atoms with Gasteiger partial charge in [-0.05, 0) is 80.8 Å². The Morgan fingerprint density at radius 3 is 2.71 bits per heavy atom. The van der Waals surface area contributed by atoms with Crippen LogP contribution in [0.5, 0.6) is 5.75 Å². The molecule has 1 saturated carbocycles. The molecule has 1 saturated heterocycles. The number of hydrogen-bond acceptors (Lipinski definition) is 10. The molecule has 0 bridgehead atoms. The van der Waals surface area contributed by atoms with Crippen molar-refractivity contribution in [1.29, 1.82) is 5.41 Å². The number of nitrogens with one attached hydrogen (secondary N) is 4. The van der Waals surface area contributed by atoms with Crippen LogP contribution in [0.2, 0.25) is 5.02 Å². The zero-order chi connectivity index (χ0) is 29.7. The van der Waals surface area contributed by atoms with Crippen molar-refractivity contribution in [3.8, 4) is 5.75 Å². The molecule has 2 aromatic rings. The first-order valence-corrected chi connectivity index (χ1v) is 16.3. The number of likely N-dealkylation sites (N-methyl/N-ethyl adjacent to an activating group) is 1. The number of hydrogen-bond donors (Lipinski definition) is 4. The number of sulfone groups is 1. The average Bonchev–Trinajstić information content (AvgIpc) is 3.74. The molecule has 10 nitrogen and oxygen atoms in total. The zero-order valence-corrected chi connectivity index (χ0v) is 26.1. The fourth-order valence-corrected chi connectivity index (χ4v) is 6.68. The third kappa shape index (κ3) is 8.11. The fourth-order valence-electron chi connectivity index (χ4n) is 5.06. The SMILES string of the molecule is CCN1CCCC(c2cc(OC3CC3)c(Nc3ncc(Cl)c(N/C(=C/NC)C(=N)S(=O)(=O)CC(C)C)n3)cc2C)C1. The summed E-state index contributed by atoms with van der Waals surface area (Å²) >= 11 is 6.40. The van der Waals surface area contributed by atoms with Crippen molar-refractivity contribution >= 4 is 43.9 Å². The lowest BCUT2D eigenvalue weighted by atomic mass is 9.87. The average molecular weight is 604 g/mol. The summed E-state index contributed by atoms with van der Waals surface area (Å²) in [5, 5.41) is 17.0. The zero-order valence-electron chi connectivity index (χ0n) is 24.6. The Hall–Kier alpha value is -2.89. The molecule has 1 atom stereocenters. The van der Waals surface area contributed by atoms with E-state index in [0.29, 0.717) is 5.92 Å². The maximum Gasteiger partial charge on any atom is 0.229 e. The second-order valence-electron chi connectivity index (χ2n) is 11.2. The van der Waals surface area contributed by atoms with Crippen LogP contribution in [-0.4, -0.2) is 66.9 Å². The van der Waals surface area contributed by atoms with Crippen molar-refractivity contribution < 1.29 is 13.2 Å². The molecule has 2 aliphatic rings. The van der Waals surface area contributed by atoms with Crippen molar-refractivity contribution in [3.05, 3.63) is 46.4 Å². The second-order valence-corrected chi connectivity index (χ2v) is 13.6. The van der Waals surface area contributed by atoms with Crippen LogP contribution in [-0.2, 0) is 9.84 Å². The maximum atomic E-state index is 12.8. The Bertz CT molecular complexity index is 1390. The molecule has 12 heteroatoms. The topological polar surface area (TPSA) is 132 Å². The van der Waals surface area contributed by atoms with Gasteiger partial charge in [0.2, 0.25) is 5.95 Å². The predicted octanol–water partition coefficient (Wildman–Crippen LogP) is 5.44. The predicted molar refractivity (Wildman–Crippen MR) is 166 cm³/mol. The van der Waals surface area contributed by atoms with Crippen molar-refractivity contribution in [2.45, 2.75) is 65.4 Å². The van der Waals surface area contributed by atoms with Crippen LogP contribution in [0.3, 0.4) is 0 Å². The number of likely N-dealkylation sites (tertiary alicyclic amines) is 1. The van der Waals surface area contributed by atoms with Crippen LogP contribution in [0.15, 0.2) is 30.2 Å². The number of halogens is 1. The van der Waals surface area contributed by atoms with E-state index >= 15 is 0 Å². The summed E-state index contributed by atoms with van der Waals surface area (Å²) in [5.41, 5.74) is 3.28. The minimum atomic E-state index is -3.82. The Morgan fingerprint density at radius 2 is 2.05 bits per heavy atom. The number of benzene rings is 1. The lowest BCUT2D eigenvalue weighted by Gasteiger charge is -2.33. The normalized spacial score (nSPS) is 18.3. The molecule has 0 radical (unpaired) electrons. The van der Waals surface area contributed by atoms with E-state index in [4.69, 9.17) is 21.7 Å². The Labute approximate surface area is 248 Å². The van der Waals surface area contributed by atoms with Gasteiger partial charge in [0, 0.05) is 19.8 Å². The van der Waals surface area contributed by atoms with Crippen LogP contribution in [0, 0.1) is 18.3 Å². The molecule has 1 unspecified atom stereocenters. The van der Waals surface area contributed by atoms with Gasteiger partial charge in [0.05, 0.1) is 29.4 Å². The van der Waals surface area contributed by atoms with Gasteiger partial charge in [0.1, 0.15) is 10.8 Å². The molecule has 4 rings (SSSR count). The molecule has 0 amide bonds. The van der Waals surface area contributed by atoms with E-state index in [1.807, 2.05) is 0 Å². The van der Waals surface area contributed by atoms with E-state index in [2.05, 4.69) is 56.8 Å². The van der Waals surface area contributed by atoms with Gasteiger partial charge in [-0.3, -0.25) is 5.41 Å². The van der Waals surface area contributed by atoms with Crippen LogP contribution in [0.4, 0.5) is 17.5 Å². The van der Waals surface area contributed by atoms with Gasteiger partial charge < -0.3 is 25.6 Å². The van der Waals surface area contributed by atoms with Gasteiger partial charge >= 0.3 is 0 Å². The summed E-state index contributed by atoms with van der Waals surface area (Å²) in [4.78, 5) is 11.4. The van der Waals surface area contributed by atoms with E-state index < -0.39 is 14.9 Å². The molecule has 1 aliphatic carbocycles. The molecule has 41 heavy (non-hydrogen) atoms. The highest BCUT2D eigenvalue weighted by Crippen LogP contribution is 2.39. The van der Waals surface area contributed by atoms with Gasteiger partial charge in [0.15, 0.2) is 20.7 Å². The van der Waals surface area contributed by atoms with Crippen molar-refractivity contribution in [3.63, 3.8) is 0 Å². The number of nitrogens with zero attached hydrogens (tertiary/aromatic N) is 3. The minimum Gasteiger partial charge on any atom is -0.488 e. The highest BCUT2D eigenvalue weighted by Gasteiger charge is 2.28. The third-order valence-electron chi connectivity index (χ3n) is 7.22. The second kappa shape index (κ2) is 13.4. The highest BCUT2D eigenvalue weighted by atomic mass is 35.5. The largest absolute Gasteiger partial charge is 0.488 e. The van der Waals surface area contributed by atoms with Crippen LogP contribution < -0.4 is 20.7 Å². The molecule has 224 valence electrons. The molecule has 1 aliphatic heterocycles. The fraction of sp³-hybridized carbons (Fsp3) is 0.552. The van der Waals surface area contributed by atoms with Crippen LogP contribution in [0.1, 0.15) is 63.5 Å². The number of aromatic nitrogens is 2. The van der Waals surface area contributed by atoms with E-state index in [0.717, 1.165) is 50.3 Å². The molecular weight excluding hydrogens is 562 g/mol. The van der Waals surface area contributed by atoms with Crippen molar-refractivity contribution in [1.82, 2.24) is 20.2 Å². The Kier molecular flexibility index (Phi) is 10.1. The first-order chi connectivity index (χ1) is 19.5. The quantitative estimate of drug-likeness (QED) is 0.185. The number of ether oxygens (including phenoxy) is 1. The van der Waals surface area contributed by atoms with Gasteiger partial charge in [-0.2, -0.15) is 4.98 Å². The van der Waals surface area contributed by atoms with Gasteiger partial charge in [-0.25, -0.2) is 13.4 Å².